The van der Waals surface area contributed by atoms with Crippen LogP contribution in [0.4, 0.5) is 5.69 Å². The highest BCUT2D eigenvalue weighted by Gasteiger charge is 2.15. The number of rotatable bonds is 7. The van der Waals surface area contributed by atoms with E-state index in [-0.39, 0.29) is 10.8 Å². The van der Waals surface area contributed by atoms with Crippen molar-refractivity contribution in [3.05, 3.63) is 59.1 Å². The van der Waals surface area contributed by atoms with Gasteiger partial charge in [0.05, 0.1) is 4.90 Å². The molecule has 0 atom stereocenters. The summed E-state index contributed by atoms with van der Waals surface area (Å²) in [5.41, 5.74) is 1.60. The van der Waals surface area contributed by atoms with Crippen molar-refractivity contribution in [3.8, 4) is 0 Å². The lowest BCUT2D eigenvalue weighted by Gasteiger charge is -2.08. The first kappa shape index (κ1) is 19.9. The van der Waals surface area contributed by atoms with Gasteiger partial charge in [0.25, 0.3) is 10.0 Å². The Balaban J connectivity index is 1.85. The Morgan fingerprint density at radius 3 is 2.19 bits per heavy atom. The number of hydrogen-bond acceptors (Lipinski definition) is 4. The third kappa shape index (κ3) is 6.16. The highest BCUT2D eigenvalue weighted by molar-refractivity contribution is 7.90. The minimum absolute atomic E-state index is 0.0477. The van der Waals surface area contributed by atoms with Crippen LogP contribution in [-0.4, -0.2) is 20.2 Å². The first-order valence-corrected chi connectivity index (χ1v) is 9.80. The summed E-state index contributed by atoms with van der Waals surface area (Å²) in [5.74, 6) is -0.820. The van der Waals surface area contributed by atoms with Crippen molar-refractivity contribution in [1.82, 2.24) is 4.72 Å². The van der Waals surface area contributed by atoms with E-state index in [0.717, 1.165) is 18.9 Å². The Labute approximate surface area is 157 Å². The van der Waals surface area contributed by atoms with E-state index in [1.807, 2.05) is 29.0 Å². The van der Waals surface area contributed by atoms with Crippen molar-refractivity contribution in [2.24, 2.45) is 0 Å². The fraction of sp³-hybridized carbons (Fsp3) is 0.222. The van der Waals surface area contributed by atoms with E-state index in [9.17, 15) is 18.0 Å². The summed E-state index contributed by atoms with van der Waals surface area (Å²) in [7, 11) is -3.87. The van der Waals surface area contributed by atoms with Crippen LogP contribution in [0.25, 0.3) is 0 Å². The van der Waals surface area contributed by atoms with Gasteiger partial charge in [-0.3, -0.25) is 9.59 Å². The molecular weight excluding hydrogens is 376 g/mol. The smallest absolute Gasteiger partial charge is 0.264 e. The molecule has 2 aromatic carbocycles. The number of hydrogen-bond donors (Lipinski definition) is 2. The van der Waals surface area contributed by atoms with E-state index in [1.165, 1.54) is 24.3 Å². The zero-order chi connectivity index (χ0) is 19.2. The first-order valence-electron chi connectivity index (χ1n) is 7.94. The summed E-state index contributed by atoms with van der Waals surface area (Å²) in [5, 5.41) is 3.39. The lowest BCUT2D eigenvalue weighted by Crippen LogP contribution is -2.28. The normalized spacial score (nSPS) is 11.0. The second-order valence-corrected chi connectivity index (χ2v) is 7.83. The Bertz CT molecular complexity index is 878. The molecule has 0 aliphatic carbocycles. The Morgan fingerprint density at radius 2 is 1.62 bits per heavy atom. The van der Waals surface area contributed by atoms with E-state index >= 15 is 0 Å². The molecule has 0 radical (unpaired) electrons. The number of benzene rings is 2. The van der Waals surface area contributed by atoms with Gasteiger partial charge in [0.2, 0.25) is 11.8 Å². The van der Waals surface area contributed by atoms with E-state index in [0.29, 0.717) is 23.6 Å². The SMILES string of the molecule is CC(=O)NS(=O)(=O)c1ccc(NC(=O)CCCc2ccc(Cl)cc2)cc1. The minimum atomic E-state index is -3.87. The molecule has 0 aliphatic rings. The van der Waals surface area contributed by atoms with Crippen LogP contribution in [0, 0.1) is 0 Å². The predicted octanol–water partition coefficient (Wildman–Crippen LogP) is 3.13. The van der Waals surface area contributed by atoms with Crippen LogP contribution in [0.15, 0.2) is 53.4 Å². The average Bonchev–Trinajstić information content (AvgIpc) is 2.56. The lowest BCUT2D eigenvalue weighted by atomic mass is 10.1. The van der Waals surface area contributed by atoms with E-state index in [4.69, 9.17) is 11.6 Å². The van der Waals surface area contributed by atoms with Crippen LogP contribution in [0.2, 0.25) is 5.02 Å². The zero-order valence-electron chi connectivity index (χ0n) is 14.2. The zero-order valence-corrected chi connectivity index (χ0v) is 15.7. The minimum Gasteiger partial charge on any atom is -0.326 e. The molecule has 2 rings (SSSR count). The molecule has 6 nitrogen and oxygen atoms in total. The average molecular weight is 395 g/mol. The summed E-state index contributed by atoms with van der Waals surface area (Å²) in [6.07, 6.45) is 1.79. The molecule has 2 N–H and O–H groups in total. The molecule has 0 saturated carbocycles. The molecule has 138 valence electrons. The Hall–Kier alpha value is -2.38. The quantitative estimate of drug-likeness (QED) is 0.754. The van der Waals surface area contributed by atoms with Crippen LogP contribution in [-0.2, 0) is 26.0 Å². The van der Waals surface area contributed by atoms with Gasteiger partial charge in [0.1, 0.15) is 0 Å². The third-order valence-electron chi connectivity index (χ3n) is 3.51. The highest BCUT2D eigenvalue weighted by atomic mass is 35.5. The second kappa shape index (κ2) is 8.82. The van der Waals surface area contributed by atoms with Gasteiger partial charge in [-0.15, -0.1) is 0 Å². The van der Waals surface area contributed by atoms with Crippen LogP contribution in [0.1, 0.15) is 25.3 Å². The molecule has 2 aromatic rings. The summed E-state index contributed by atoms with van der Waals surface area (Å²) >= 11 is 5.83. The molecular formula is C18H19ClN2O4S. The summed E-state index contributed by atoms with van der Waals surface area (Å²) in [6, 6.07) is 13.1. The second-order valence-electron chi connectivity index (χ2n) is 5.71. The molecule has 0 bridgehead atoms. The number of nitrogens with one attached hydrogen (secondary N) is 2. The van der Waals surface area contributed by atoms with Crippen molar-refractivity contribution < 1.29 is 18.0 Å². The van der Waals surface area contributed by atoms with E-state index in [2.05, 4.69) is 5.32 Å². The number of aryl methyl sites for hydroxylation is 1. The number of anilines is 1. The molecule has 0 saturated heterocycles. The maximum Gasteiger partial charge on any atom is 0.264 e. The fourth-order valence-electron chi connectivity index (χ4n) is 2.29. The fourth-order valence-corrected chi connectivity index (χ4v) is 3.41. The van der Waals surface area contributed by atoms with Gasteiger partial charge in [-0.1, -0.05) is 23.7 Å². The van der Waals surface area contributed by atoms with Gasteiger partial charge >= 0.3 is 0 Å². The standard InChI is InChI=1S/C18H19ClN2O4S/c1-13(22)21-26(24,25)17-11-9-16(10-12-17)20-18(23)4-2-3-14-5-7-15(19)8-6-14/h5-12H,2-4H2,1H3,(H,20,23)(H,21,22). The van der Waals surface area contributed by atoms with Crippen LogP contribution in [0.5, 0.6) is 0 Å². The molecule has 0 aliphatic heterocycles. The number of sulfonamides is 1. The molecule has 8 heteroatoms. The van der Waals surface area contributed by atoms with Crippen molar-refractivity contribution in [2.45, 2.75) is 31.1 Å². The Kier molecular flexibility index (Phi) is 6.76. The van der Waals surface area contributed by atoms with Crippen molar-refractivity contribution in [2.75, 3.05) is 5.32 Å². The molecule has 0 spiro atoms. The molecule has 2 amide bonds. The van der Waals surface area contributed by atoms with E-state index < -0.39 is 15.9 Å². The van der Waals surface area contributed by atoms with Crippen molar-refractivity contribution in [3.63, 3.8) is 0 Å². The van der Waals surface area contributed by atoms with Crippen LogP contribution >= 0.6 is 11.6 Å². The molecule has 0 fully saturated rings. The van der Waals surface area contributed by atoms with Gasteiger partial charge in [-0.25, -0.2) is 13.1 Å². The first-order chi connectivity index (χ1) is 12.3. The maximum absolute atomic E-state index is 12.0. The van der Waals surface area contributed by atoms with Gasteiger partial charge in [-0.05, 0) is 54.8 Å². The van der Waals surface area contributed by atoms with Gasteiger partial charge in [0, 0.05) is 24.1 Å². The summed E-state index contributed by atoms with van der Waals surface area (Å²) in [6.45, 7) is 1.12. The number of halogens is 1. The van der Waals surface area contributed by atoms with Crippen LogP contribution in [0.3, 0.4) is 0 Å². The van der Waals surface area contributed by atoms with Crippen LogP contribution < -0.4 is 10.0 Å². The maximum atomic E-state index is 12.0. The Morgan fingerprint density at radius 1 is 1.00 bits per heavy atom. The summed E-state index contributed by atoms with van der Waals surface area (Å²) in [4.78, 5) is 22.8. The van der Waals surface area contributed by atoms with Gasteiger partial charge in [-0.2, -0.15) is 0 Å². The van der Waals surface area contributed by atoms with Crippen molar-refractivity contribution in [1.29, 1.82) is 0 Å². The molecule has 0 unspecified atom stereocenters. The monoisotopic (exact) mass is 394 g/mol. The molecule has 0 heterocycles. The van der Waals surface area contributed by atoms with Crippen molar-refractivity contribution >= 4 is 39.1 Å². The van der Waals surface area contributed by atoms with Gasteiger partial charge < -0.3 is 5.32 Å². The predicted molar refractivity (Wildman–Crippen MR) is 100 cm³/mol. The topological polar surface area (TPSA) is 92.3 Å². The van der Waals surface area contributed by atoms with E-state index in [1.54, 1.807) is 0 Å². The summed E-state index contributed by atoms with van der Waals surface area (Å²) < 4.78 is 25.6. The highest BCUT2D eigenvalue weighted by Crippen LogP contribution is 2.15. The number of amides is 2. The third-order valence-corrected chi connectivity index (χ3v) is 5.21. The lowest BCUT2D eigenvalue weighted by molar-refractivity contribution is -0.117. The number of carbonyl (C=O) groups is 2. The number of carbonyl (C=O) groups excluding carboxylic acids is 2. The molecule has 0 aromatic heterocycles. The van der Waals surface area contributed by atoms with Gasteiger partial charge in [0.15, 0.2) is 0 Å². The molecule has 26 heavy (non-hydrogen) atoms. The largest absolute Gasteiger partial charge is 0.326 e.